The Hall–Kier alpha value is -3.07. The van der Waals surface area contributed by atoms with Gasteiger partial charge in [-0.15, -0.1) is 0 Å². The smallest absolute Gasteiger partial charge is 0.244 e. The number of nitrogens with one attached hydrogen (secondary N) is 1. The summed E-state index contributed by atoms with van der Waals surface area (Å²) in [6.07, 6.45) is 2.94. The highest BCUT2D eigenvalue weighted by Crippen LogP contribution is 2.29. The number of sulfonamides is 1. The Balaban J connectivity index is 2.08. The van der Waals surface area contributed by atoms with E-state index in [2.05, 4.69) is 26.1 Å². The average Bonchev–Trinajstić information content (AvgIpc) is 2.94. The van der Waals surface area contributed by atoms with Crippen LogP contribution in [0.5, 0.6) is 0 Å². The number of nitrogens with zero attached hydrogens (tertiary/aromatic N) is 2. The Morgan fingerprint density at radius 2 is 1.51 bits per heavy atom. The Bertz CT molecular complexity index is 1470. The monoisotopic (exact) mass is 645 g/mol. The lowest BCUT2D eigenvalue weighted by atomic mass is 9.87. The number of carbonyl (C=O) groups excluding carboxylic acids is 2. The molecule has 3 aromatic rings. The highest BCUT2D eigenvalue weighted by molar-refractivity contribution is 7.92. The Morgan fingerprint density at radius 1 is 0.907 bits per heavy atom. The van der Waals surface area contributed by atoms with Crippen molar-refractivity contribution in [2.24, 2.45) is 0 Å². The van der Waals surface area contributed by atoms with Crippen LogP contribution >= 0.6 is 23.2 Å². The molecule has 2 amide bonds. The van der Waals surface area contributed by atoms with Gasteiger partial charge in [-0.1, -0.05) is 106 Å². The number of unbranched alkanes of at least 4 members (excludes halogenated alkanes) is 1. The molecule has 0 radical (unpaired) electrons. The Labute approximate surface area is 266 Å². The highest BCUT2D eigenvalue weighted by atomic mass is 35.5. The van der Waals surface area contributed by atoms with Crippen LogP contribution in [0, 0.1) is 0 Å². The van der Waals surface area contributed by atoms with Gasteiger partial charge in [0.2, 0.25) is 21.8 Å². The quantitative estimate of drug-likeness (QED) is 0.212. The fourth-order valence-corrected chi connectivity index (χ4v) is 6.02. The SMILES string of the molecule is CCCCNC(=O)[C@@H](Cc1ccccc1)N(Cc1c(Cl)cccc1Cl)C(=O)CN(c1ccc(C(C)(C)C)cc1)S(C)(=O)=O. The van der Waals surface area contributed by atoms with Gasteiger partial charge >= 0.3 is 0 Å². The molecule has 0 saturated carbocycles. The zero-order valence-corrected chi connectivity index (χ0v) is 27.8. The van der Waals surface area contributed by atoms with Gasteiger partial charge in [-0.25, -0.2) is 8.42 Å². The Kier molecular flexibility index (Phi) is 12.1. The summed E-state index contributed by atoms with van der Waals surface area (Å²) in [5, 5.41) is 3.64. The van der Waals surface area contributed by atoms with E-state index in [0.717, 1.165) is 34.5 Å². The molecular formula is C33H41Cl2N3O4S. The minimum Gasteiger partial charge on any atom is -0.354 e. The zero-order valence-electron chi connectivity index (χ0n) is 25.4. The predicted molar refractivity (Wildman–Crippen MR) is 176 cm³/mol. The number of hydrogen-bond donors (Lipinski definition) is 1. The van der Waals surface area contributed by atoms with E-state index in [9.17, 15) is 18.0 Å². The summed E-state index contributed by atoms with van der Waals surface area (Å²) in [6, 6.07) is 20.6. The van der Waals surface area contributed by atoms with Crippen LogP contribution in [-0.4, -0.2) is 50.5 Å². The van der Waals surface area contributed by atoms with Crippen molar-refractivity contribution < 1.29 is 18.0 Å². The number of rotatable bonds is 13. The number of amides is 2. The molecule has 3 rings (SSSR count). The van der Waals surface area contributed by atoms with Crippen LogP contribution in [0.2, 0.25) is 10.0 Å². The molecule has 0 bridgehead atoms. The van der Waals surface area contributed by atoms with Crippen molar-refractivity contribution >= 4 is 50.7 Å². The molecule has 43 heavy (non-hydrogen) atoms. The van der Waals surface area contributed by atoms with E-state index in [-0.39, 0.29) is 24.3 Å². The first-order valence-electron chi connectivity index (χ1n) is 14.3. The normalized spacial score (nSPS) is 12.4. The van der Waals surface area contributed by atoms with Crippen LogP contribution in [0.1, 0.15) is 57.2 Å². The van der Waals surface area contributed by atoms with Gasteiger partial charge in [-0.05, 0) is 47.2 Å². The number of hydrogen-bond acceptors (Lipinski definition) is 4. The minimum absolute atomic E-state index is 0.0867. The molecule has 0 unspecified atom stereocenters. The average molecular weight is 647 g/mol. The van der Waals surface area contributed by atoms with Crippen molar-refractivity contribution in [2.45, 2.75) is 65.0 Å². The van der Waals surface area contributed by atoms with Gasteiger partial charge in [0.05, 0.1) is 11.9 Å². The van der Waals surface area contributed by atoms with E-state index >= 15 is 0 Å². The first kappa shape index (κ1) is 34.4. The molecule has 0 fully saturated rings. The van der Waals surface area contributed by atoms with Crippen LogP contribution < -0.4 is 9.62 Å². The number of carbonyl (C=O) groups is 2. The van der Waals surface area contributed by atoms with Crippen LogP contribution in [-0.2, 0) is 38.0 Å². The second-order valence-electron chi connectivity index (χ2n) is 11.6. The maximum atomic E-state index is 14.2. The first-order chi connectivity index (χ1) is 20.2. The summed E-state index contributed by atoms with van der Waals surface area (Å²) in [4.78, 5) is 29.3. The van der Waals surface area contributed by atoms with E-state index in [1.165, 1.54) is 4.90 Å². The summed E-state index contributed by atoms with van der Waals surface area (Å²) in [7, 11) is -3.87. The standard InChI is InChI=1S/C33H41Cl2N3O4S/c1-6-7-20-36-32(40)30(21-24-12-9-8-10-13-24)37(22-27-28(34)14-11-15-29(27)35)31(39)23-38(43(5,41)42)26-18-16-25(17-19-26)33(2,3)4/h8-19,30H,6-7,20-23H2,1-5H3,(H,36,40)/t30-/m1/s1. The lowest BCUT2D eigenvalue weighted by molar-refractivity contribution is -0.140. The third-order valence-corrected chi connectivity index (χ3v) is 9.04. The van der Waals surface area contributed by atoms with Gasteiger partial charge in [-0.2, -0.15) is 0 Å². The lowest BCUT2D eigenvalue weighted by Gasteiger charge is -2.34. The van der Waals surface area contributed by atoms with Crippen molar-refractivity contribution in [3.05, 3.63) is 99.5 Å². The third-order valence-electron chi connectivity index (χ3n) is 7.19. The van der Waals surface area contributed by atoms with Gasteiger partial charge < -0.3 is 10.2 Å². The van der Waals surface area contributed by atoms with Crippen LogP contribution in [0.3, 0.4) is 0 Å². The molecule has 0 aliphatic carbocycles. The van der Waals surface area contributed by atoms with Gasteiger partial charge in [-0.3, -0.25) is 13.9 Å². The maximum Gasteiger partial charge on any atom is 0.244 e. The van der Waals surface area contributed by atoms with Crippen LogP contribution in [0.25, 0.3) is 0 Å². The van der Waals surface area contributed by atoms with Crippen molar-refractivity contribution in [3.63, 3.8) is 0 Å². The minimum atomic E-state index is -3.87. The van der Waals surface area contributed by atoms with Gasteiger partial charge in [0.15, 0.2) is 0 Å². The van der Waals surface area contributed by atoms with Crippen LogP contribution in [0.4, 0.5) is 5.69 Å². The maximum absolute atomic E-state index is 14.2. The molecule has 7 nitrogen and oxygen atoms in total. The van der Waals surface area contributed by atoms with E-state index < -0.39 is 28.5 Å². The van der Waals surface area contributed by atoms with Gasteiger partial charge in [0, 0.05) is 35.1 Å². The summed E-state index contributed by atoms with van der Waals surface area (Å²) in [6.45, 7) is 8.07. The van der Waals surface area contributed by atoms with E-state index in [0.29, 0.717) is 27.8 Å². The van der Waals surface area contributed by atoms with Crippen molar-refractivity contribution in [3.8, 4) is 0 Å². The molecule has 1 N–H and O–H groups in total. The number of anilines is 1. The van der Waals surface area contributed by atoms with Gasteiger partial charge in [0.1, 0.15) is 12.6 Å². The molecule has 232 valence electrons. The van der Waals surface area contributed by atoms with E-state index in [1.54, 1.807) is 30.3 Å². The molecule has 1 atom stereocenters. The summed E-state index contributed by atoms with van der Waals surface area (Å²) >= 11 is 13.0. The van der Waals surface area contributed by atoms with Crippen molar-refractivity contribution in [1.82, 2.24) is 10.2 Å². The molecule has 0 aromatic heterocycles. The van der Waals surface area contributed by atoms with Crippen molar-refractivity contribution in [2.75, 3.05) is 23.7 Å². The third kappa shape index (κ3) is 9.71. The molecule has 3 aromatic carbocycles. The number of benzene rings is 3. The molecule has 0 aliphatic rings. The first-order valence-corrected chi connectivity index (χ1v) is 16.9. The second-order valence-corrected chi connectivity index (χ2v) is 14.4. The molecule has 0 heterocycles. The summed E-state index contributed by atoms with van der Waals surface area (Å²) in [5.41, 5.74) is 2.56. The Morgan fingerprint density at radius 3 is 2.05 bits per heavy atom. The van der Waals surface area contributed by atoms with Crippen molar-refractivity contribution in [1.29, 1.82) is 0 Å². The topological polar surface area (TPSA) is 86.8 Å². The second kappa shape index (κ2) is 15.1. The number of halogens is 2. The van der Waals surface area contributed by atoms with E-state index in [1.807, 2.05) is 49.4 Å². The fourth-order valence-electron chi connectivity index (χ4n) is 4.66. The predicted octanol–water partition coefficient (Wildman–Crippen LogP) is 6.61. The molecule has 10 heteroatoms. The lowest BCUT2D eigenvalue weighted by Crippen LogP contribution is -2.53. The summed E-state index contributed by atoms with van der Waals surface area (Å²) in [5.74, 6) is -0.901. The molecule has 0 spiro atoms. The fraction of sp³-hybridized carbons (Fsp3) is 0.394. The largest absolute Gasteiger partial charge is 0.354 e. The van der Waals surface area contributed by atoms with Crippen LogP contribution in [0.15, 0.2) is 72.8 Å². The molecule has 0 saturated heterocycles. The molecular weight excluding hydrogens is 605 g/mol. The summed E-state index contributed by atoms with van der Waals surface area (Å²) < 4.78 is 27.1. The molecule has 0 aliphatic heterocycles. The zero-order chi connectivity index (χ0) is 31.8. The van der Waals surface area contributed by atoms with E-state index in [4.69, 9.17) is 23.2 Å². The highest BCUT2D eigenvalue weighted by Gasteiger charge is 2.33. The van der Waals surface area contributed by atoms with Gasteiger partial charge in [0.25, 0.3) is 0 Å².